The molecular formula is C13H16ClFN2O3S. The van der Waals surface area contributed by atoms with Gasteiger partial charge in [0.15, 0.2) is 9.84 Å². The van der Waals surface area contributed by atoms with Crippen LogP contribution in [0.2, 0.25) is 5.02 Å². The number of carbonyl (C=O) groups is 1. The van der Waals surface area contributed by atoms with Crippen LogP contribution in [0.4, 0.5) is 14.9 Å². The summed E-state index contributed by atoms with van der Waals surface area (Å²) in [6.07, 6.45) is 0.438. The summed E-state index contributed by atoms with van der Waals surface area (Å²) in [5.41, 5.74) is 0.366. The summed E-state index contributed by atoms with van der Waals surface area (Å²) in [6, 6.07) is 3.14. The number of rotatable bonds is 3. The molecule has 21 heavy (non-hydrogen) atoms. The summed E-state index contributed by atoms with van der Waals surface area (Å²) >= 11 is 5.66. The van der Waals surface area contributed by atoms with Crippen LogP contribution in [0.1, 0.15) is 13.3 Å². The summed E-state index contributed by atoms with van der Waals surface area (Å²) in [5.74, 6) is -0.480. The Morgan fingerprint density at radius 3 is 2.76 bits per heavy atom. The van der Waals surface area contributed by atoms with Crippen molar-refractivity contribution in [3.63, 3.8) is 0 Å². The Balaban J connectivity index is 2.08. The first-order valence-corrected chi connectivity index (χ1v) is 8.75. The monoisotopic (exact) mass is 334 g/mol. The van der Waals surface area contributed by atoms with Gasteiger partial charge in [-0.05, 0) is 31.5 Å². The second-order valence-electron chi connectivity index (χ2n) is 4.90. The Morgan fingerprint density at radius 2 is 2.24 bits per heavy atom. The average molecular weight is 335 g/mol. The lowest BCUT2D eigenvalue weighted by molar-refractivity contribution is 0.197. The number of halogens is 2. The van der Waals surface area contributed by atoms with Crippen LogP contribution in [0, 0.1) is 5.82 Å². The molecule has 0 radical (unpaired) electrons. The van der Waals surface area contributed by atoms with E-state index < -0.39 is 21.7 Å². The minimum atomic E-state index is -3.06. The van der Waals surface area contributed by atoms with E-state index in [0.717, 1.165) is 6.07 Å². The van der Waals surface area contributed by atoms with Crippen molar-refractivity contribution in [2.75, 3.05) is 23.4 Å². The average Bonchev–Trinajstić information content (AvgIpc) is 2.75. The van der Waals surface area contributed by atoms with Gasteiger partial charge in [-0.3, -0.25) is 0 Å². The lowest BCUT2D eigenvalue weighted by Gasteiger charge is -2.27. The number of carbonyl (C=O) groups excluding carboxylic acids is 1. The molecule has 5 nitrogen and oxygen atoms in total. The topological polar surface area (TPSA) is 66.5 Å². The van der Waals surface area contributed by atoms with Crippen molar-refractivity contribution >= 4 is 33.2 Å². The van der Waals surface area contributed by atoms with Gasteiger partial charge in [0, 0.05) is 18.3 Å². The van der Waals surface area contributed by atoms with E-state index in [1.54, 1.807) is 6.92 Å². The number of benzene rings is 1. The molecule has 1 N–H and O–H groups in total. The van der Waals surface area contributed by atoms with Crippen LogP contribution in [0.15, 0.2) is 18.2 Å². The molecule has 1 atom stereocenters. The van der Waals surface area contributed by atoms with Crippen LogP contribution < -0.4 is 5.32 Å². The fraction of sp³-hybridized carbons (Fsp3) is 0.462. The first-order chi connectivity index (χ1) is 9.82. The molecule has 1 aliphatic heterocycles. The van der Waals surface area contributed by atoms with Crippen LogP contribution in [-0.4, -0.2) is 43.4 Å². The van der Waals surface area contributed by atoms with Gasteiger partial charge < -0.3 is 10.2 Å². The molecule has 2 amide bonds. The molecule has 0 aromatic heterocycles. The Labute approximate surface area is 128 Å². The van der Waals surface area contributed by atoms with Crippen LogP contribution >= 0.6 is 11.6 Å². The summed E-state index contributed by atoms with van der Waals surface area (Å²) in [7, 11) is -3.06. The van der Waals surface area contributed by atoms with E-state index in [1.807, 2.05) is 0 Å². The Hall–Kier alpha value is -1.34. The maximum atomic E-state index is 13.1. The van der Waals surface area contributed by atoms with Crippen molar-refractivity contribution in [1.82, 2.24) is 4.90 Å². The van der Waals surface area contributed by atoms with E-state index in [2.05, 4.69) is 5.32 Å². The fourth-order valence-corrected chi connectivity index (χ4v) is 4.27. The second-order valence-corrected chi connectivity index (χ2v) is 7.54. The quantitative estimate of drug-likeness (QED) is 0.923. The molecule has 1 aromatic carbocycles. The number of hydrogen-bond donors (Lipinski definition) is 1. The van der Waals surface area contributed by atoms with Crippen molar-refractivity contribution in [2.24, 2.45) is 0 Å². The number of urea groups is 1. The van der Waals surface area contributed by atoms with Crippen LogP contribution in [-0.2, 0) is 9.84 Å². The SMILES string of the molecule is CCN(C(=O)Nc1ccc(F)c(Cl)c1)C1CCS(=O)(=O)C1. The third kappa shape index (κ3) is 3.85. The molecule has 0 saturated carbocycles. The van der Waals surface area contributed by atoms with Crippen molar-refractivity contribution in [1.29, 1.82) is 0 Å². The predicted octanol–water partition coefficient (Wildman–Crippen LogP) is 2.52. The summed E-state index contributed by atoms with van der Waals surface area (Å²) in [5, 5.41) is 2.52. The molecular weight excluding hydrogens is 319 g/mol. The summed E-state index contributed by atoms with van der Waals surface area (Å²) < 4.78 is 36.1. The number of hydrogen-bond acceptors (Lipinski definition) is 3. The zero-order valence-electron chi connectivity index (χ0n) is 11.5. The molecule has 0 bridgehead atoms. The van der Waals surface area contributed by atoms with Crippen molar-refractivity contribution in [2.45, 2.75) is 19.4 Å². The normalized spacial score (nSPS) is 20.2. The number of anilines is 1. The van der Waals surface area contributed by atoms with E-state index >= 15 is 0 Å². The van der Waals surface area contributed by atoms with E-state index in [1.165, 1.54) is 17.0 Å². The van der Waals surface area contributed by atoms with Gasteiger partial charge in [-0.15, -0.1) is 0 Å². The van der Waals surface area contributed by atoms with Gasteiger partial charge in [0.05, 0.1) is 16.5 Å². The molecule has 8 heteroatoms. The van der Waals surface area contributed by atoms with Gasteiger partial charge in [0.1, 0.15) is 5.82 Å². The highest BCUT2D eigenvalue weighted by Gasteiger charge is 2.33. The third-order valence-electron chi connectivity index (χ3n) is 3.42. The zero-order valence-corrected chi connectivity index (χ0v) is 13.0. The van der Waals surface area contributed by atoms with Crippen molar-refractivity contribution in [3.8, 4) is 0 Å². The smallest absolute Gasteiger partial charge is 0.321 e. The van der Waals surface area contributed by atoms with Crippen molar-refractivity contribution in [3.05, 3.63) is 29.0 Å². The molecule has 1 unspecified atom stereocenters. The highest BCUT2D eigenvalue weighted by molar-refractivity contribution is 7.91. The highest BCUT2D eigenvalue weighted by Crippen LogP contribution is 2.22. The molecule has 1 heterocycles. The highest BCUT2D eigenvalue weighted by atomic mass is 35.5. The predicted molar refractivity (Wildman–Crippen MR) is 79.9 cm³/mol. The maximum Gasteiger partial charge on any atom is 0.322 e. The van der Waals surface area contributed by atoms with Gasteiger partial charge in [-0.2, -0.15) is 0 Å². The van der Waals surface area contributed by atoms with E-state index in [0.29, 0.717) is 18.7 Å². The lowest BCUT2D eigenvalue weighted by atomic mass is 10.2. The first kappa shape index (κ1) is 16.0. The molecule has 1 aromatic rings. The lowest BCUT2D eigenvalue weighted by Crippen LogP contribution is -2.43. The van der Waals surface area contributed by atoms with Gasteiger partial charge in [0.25, 0.3) is 0 Å². The number of sulfone groups is 1. The van der Waals surface area contributed by atoms with Crippen LogP contribution in [0.25, 0.3) is 0 Å². The molecule has 1 saturated heterocycles. The molecule has 0 aliphatic carbocycles. The van der Waals surface area contributed by atoms with Crippen LogP contribution in [0.3, 0.4) is 0 Å². The van der Waals surface area contributed by atoms with Gasteiger partial charge in [-0.25, -0.2) is 17.6 Å². The minimum absolute atomic E-state index is 0.0154. The second kappa shape index (κ2) is 6.19. The van der Waals surface area contributed by atoms with E-state index in [4.69, 9.17) is 11.6 Å². The fourth-order valence-electron chi connectivity index (χ4n) is 2.36. The Kier molecular flexibility index (Phi) is 4.73. The summed E-state index contributed by atoms with van der Waals surface area (Å²) in [6.45, 7) is 2.17. The number of nitrogens with zero attached hydrogens (tertiary/aromatic N) is 1. The van der Waals surface area contributed by atoms with E-state index in [-0.39, 0.29) is 22.6 Å². The first-order valence-electron chi connectivity index (χ1n) is 6.55. The maximum absolute atomic E-state index is 13.1. The molecule has 1 aliphatic rings. The van der Waals surface area contributed by atoms with E-state index in [9.17, 15) is 17.6 Å². The Morgan fingerprint density at radius 1 is 1.52 bits per heavy atom. The van der Waals surface area contributed by atoms with Gasteiger partial charge in [-0.1, -0.05) is 11.6 Å². The minimum Gasteiger partial charge on any atom is -0.321 e. The molecule has 0 spiro atoms. The zero-order chi connectivity index (χ0) is 15.6. The molecule has 2 rings (SSSR count). The number of amides is 2. The van der Waals surface area contributed by atoms with Crippen molar-refractivity contribution < 1.29 is 17.6 Å². The largest absolute Gasteiger partial charge is 0.322 e. The van der Waals surface area contributed by atoms with Gasteiger partial charge >= 0.3 is 6.03 Å². The molecule has 116 valence electrons. The van der Waals surface area contributed by atoms with Crippen LogP contribution in [0.5, 0.6) is 0 Å². The summed E-state index contributed by atoms with van der Waals surface area (Å²) in [4.78, 5) is 13.7. The van der Waals surface area contributed by atoms with Gasteiger partial charge in [0.2, 0.25) is 0 Å². The standard InChI is InChI=1S/C13H16ClFN2O3S/c1-2-17(10-5-6-21(19,20)8-10)13(18)16-9-3-4-12(15)11(14)7-9/h3-4,7,10H,2,5-6,8H2,1H3,(H,16,18). The number of nitrogens with one attached hydrogen (secondary N) is 1. The third-order valence-corrected chi connectivity index (χ3v) is 5.46. The molecule has 1 fully saturated rings. The Bertz CT molecular complexity index is 651.